The van der Waals surface area contributed by atoms with Gasteiger partial charge in [-0.3, -0.25) is 5.10 Å². The zero-order chi connectivity index (χ0) is 16.8. The predicted molar refractivity (Wildman–Crippen MR) is 97.0 cm³/mol. The average Bonchev–Trinajstić information content (AvgIpc) is 3.06. The van der Waals surface area contributed by atoms with E-state index in [1.807, 2.05) is 48.5 Å². The molecule has 124 valence electrons. The molecule has 0 saturated heterocycles. The SMILES string of the molecule is CCCCOc1ccc(-c2nc(Nc3ccc(Cl)cc3)n[nH]2)cc1. The van der Waals surface area contributed by atoms with Gasteiger partial charge in [-0.2, -0.15) is 4.98 Å². The number of aromatic amines is 1. The van der Waals surface area contributed by atoms with E-state index in [0.717, 1.165) is 36.4 Å². The Labute approximate surface area is 146 Å². The molecule has 0 fully saturated rings. The maximum atomic E-state index is 5.88. The van der Waals surface area contributed by atoms with Crippen LogP contribution in [0, 0.1) is 0 Å². The molecule has 0 bridgehead atoms. The van der Waals surface area contributed by atoms with Gasteiger partial charge in [0, 0.05) is 16.3 Å². The van der Waals surface area contributed by atoms with E-state index < -0.39 is 0 Å². The lowest BCUT2D eigenvalue weighted by Crippen LogP contribution is -1.96. The highest BCUT2D eigenvalue weighted by Crippen LogP contribution is 2.22. The largest absolute Gasteiger partial charge is 0.494 e. The van der Waals surface area contributed by atoms with Crippen molar-refractivity contribution in [1.29, 1.82) is 0 Å². The van der Waals surface area contributed by atoms with Crippen molar-refractivity contribution in [3.05, 3.63) is 53.6 Å². The second-order valence-electron chi connectivity index (χ2n) is 5.37. The Morgan fingerprint density at radius 1 is 1.08 bits per heavy atom. The zero-order valence-corrected chi connectivity index (χ0v) is 14.2. The number of ether oxygens (including phenoxy) is 1. The number of aromatic nitrogens is 3. The van der Waals surface area contributed by atoms with E-state index >= 15 is 0 Å². The standard InChI is InChI=1S/C18H19ClN4O/c1-2-3-12-24-16-10-4-13(5-11-16)17-21-18(23-22-17)20-15-8-6-14(19)7-9-15/h4-11H,2-3,12H2,1H3,(H2,20,21,22,23). The number of benzene rings is 2. The molecule has 0 radical (unpaired) electrons. The summed E-state index contributed by atoms with van der Waals surface area (Å²) in [5.74, 6) is 2.08. The predicted octanol–water partition coefficient (Wildman–Crippen LogP) is 5.05. The van der Waals surface area contributed by atoms with Crippen LogP contribution in [0.15, 0.2) is 48.5 Å². The fourth-order valence-electron chi connectivity index (χ4n) is 2.15. The summed E-state index contributed by atoms with van der Waals surface area (Å²) in [5, 5.41) is 10.9. The molecule has 0 unspecified atom stereocenters. The number of anilines is 2. The molecule has 0 aliphatic rings. The highest BCUT2D eigenvalue weighted by molar-refractivity contribution is 6.30. The van der Waals surface area contributed by atoms with Crippen molar-refractivity contribution in [2.75, 3.05) is 11.9 Å². The summed E-state index contributed by atoms with van der Waals surface area (Å²) in [5.41, 5.74) is 1.83. The summed E-state index contributed by atoms with van der Waals surface area (Å²) in [6, 6.07) is 15.2. The smallest absolute Gasteiger partial charge is 0.246 e. The van der Waals surface area contributed by atoms with Crippen LogP contribution in [0.3, 0.4) is 0 Å². The van der Waals surface area contributed by atoms with Crippen LogP contribution in [0.2, 0.25) is 5.02 Å². The first kappa shape index (κ1) is 16.3. The van der Waals surface area contributed by atoms with Gasteiger partial charge in [0.2, 0.25) is 5.95 Å². The molecule has 2 aromatic carbocycles. The van der Waals surface area contributed by atoms with Crippen molar-refractivity contribution in [3.63, 3.8) is 0 Å². The Bertz CT molecular complexity index is 768. The number of halogens is 1. The molecule has 0 spiro atoms. The molecule has 0 aliphatic carbocycles. The van der Waals surface area contributed by atoms with E-state index in [9.17, 15) is 0 Å². The third kappa shape index (κ3) is 4.26. The van der Waals surface area contributed by atoms with E-state index in [4.69, 9.17) is 16.3 Å². The lowest BCUT2D eigenvalue weighted by molar-refractivity contribution is 0.309. The van der Waals surface area contributed by atoms with Crippen LogP contribution in [-0.2, 0) is 0 Å². The molecule has 5 nitrogen and oxygen atoms in total. The number of hydrogen-bond acceptors (Lipinski definition) is 4. The average molecular weight is 343 g/mol. The van der Waals surface area contributed by atoms with Gasteiger partial charge in [-0.25, -0.2) is 0 Å². The van der Waals surface area contributed by atoms with Gasteiger partial charge in [0.05, 0.1) is 6.61 Å². The van der Waals surface area contributed by atoms with Gasteiger partial charge in [0.15, 0.2) is 5.82 Å². The molecule has 6 heteroatoms. The highest BCUT2D eigenvalue weighted by Gasteiger charge is 2.06. The molecule has 0 aliphatic heterocycles. The molecule has 2 N–H and O–H groups in total. The Balaban J connectivity index is 1.65. The van der Waals surface area contributed by atoms with Gasteiger partial charge < -0.3 is 10.1 Å². The summed E-state index contributed by atoms with van der Waals surface area (Å²) in [6.07, 6.45) is 2.18. The monoisotopic (exact) mass is 342 g/mol. The Hall–Kier alpha value is -2.53. The van der Waals surface area contributed by atoms with Crippen molar-refractivity contribution in [2.24, 2.45) is 0 Å². The summed E-state index contributed by atoms with van der Waals surface area (Å²) < 4.78 is 5.66. The first-order valence-corrected chi connectivity index (χ1v) is 8.30. The van der Waals surface area contributed by atoms with Crippen LogP contribution in [-0.4, -0.2) is 21.8 Å². The van der Waals surface area contributed by atoms with Gasteiger partial charge in [0.1, 0.15) is 5.75 Å². The van der Waals surface area contributed by atoms with Crippen molar-refractivity contribution < 1.29 is 4.74 Å². The lowest BCUT2D eigenvalue weighted by atomic mass is 10.2. The van der Waals surface area contributed by atoms with E-state index in [1.54, 1.807) is 0 Å². The molecular weight excluding hydrogens is 324 g/mol. The third-order valence-electron chi connectivity index (χ3n) is 3.48. The minimum Gasteiger partial charge on any atom is -0.494 e. The van der Waals surface area contributed by atoms with Crippen LogP contribution in [0.25, 0.3) is 11.4 Å². The first-order chi connectivity index (χ1) is 11.7. The van der Waals surface area contributed by atoms with E-state index in [-0.39, 0.29) is 0 Å². The molecule has 0 saturated carbocycles. The summed E-state index contributed by atoms with van der Waals surface area (Å²) in [6.45, 7) is 2.89. The van der Waals surface area contributed by atoms with Gasteiger partial charge in [0.25, 0.3) is 0 Å². The minimum absolute atomic E-state index is 0.510. The molecule has 0 amide bonds. The Kier molecular flexibility index (Phi) is 5.33. The maximum absolute atomic E-state index is 5.88. The van der Waals surface area contributed by atoms with Crippen LogP contribution >= 0.6 is 11.6 Å². The number of nitrogens with one attached hydrogen (secondary N) is 2. The molecule has 0 atom stereocenters. The number of nitrogens with zero attached hydrogens (tertiary/aromatic N) is 2. The highest BCUT2D eigenvalue weighted by atomic mass is 35.5. The quantitative estimate of drug-likeness (QED) is 0.590. The lowest BCUT2D eigenvalue weighted by Gasteiger charge is -2.05. The van der Waals surface area contributed by atoms with Crippen LogP contribution in [0.1, 0.15) is 19.8 Å². The maximum Gasteiger partial charge on any atom is 0.246 e. The second-order valence-corrected chi connectivity index (χ2v) is 5.80. The van der Waals surface area contributed by atoms with Gasteiger partial charge in [-0.1, -0.05) is 24.9 Å². The van der Waals surface area contributed by atoms with E-state index in [2.05, 4.69) is 27.4 Å². The fraction of sp³-hybridized carbons (Fsp3) is 0.222. The number of H-pyrrole nitrogens is 1. The zero-order valence-electron chi connectivity index (χ0n) is 13.4. The summed E-state index contributed by atoms with van der Waals surface area (Å²) >= 11 is 5.88. The van der Waals surface area contributed by atoms with Crippen molar-refractivity contribution in [3.8, 4) is 17.1 Å². The van der Waals surface area contributed by atoms with Crippen LogP contribution in [0.4, 0.5) is 11.6 Å². The van der Waals surface area contributed by atoms with Crippen LogP contribution < -0.4 is 10.1 Å². The summed E-state index contributed by atoms with van der Waals surface area (Å²) in [4.78, 5) is 4.45. The Morgan fingerprint density at radius 3 is 2.54 bits per heavy atom. The number of unbranched alkanes of at least 4 members (excludes halogenated alkanes) is 1. The van der Waals surface area contributed by atoms with Gasteiger partial charge >= 0.3 is 0 Å². The Morgan fingerprint density at radius 2 is 1.83 bits per heavy atom. The normalized spacial score (nSPS) is 10.6. The number of rotatable bonds is 7. The van der Waals surface area contributed by atoms with Crippen molar-refractivity contribution in [2.45, 2.75) is 19.8 Å². The molecule has 1 aromatic heterocycles. The van der Waals surface area contributed by atoms with E-state index in [0.29, 0.717) is 16.8 Å². The second kappa shape index (κ2) is 7.84. The van der Waals surface area contributed by atoms with Crippen molar-refractivity contribution in [1.82, 2.24) is 15.2 Å². The molecule has 24 heavy (non-hydrogen) atoms. The molecule has 3 rings (SSSR count). The third-order valence-corrected chi connectivity index (χ3v) is 3.73. The molecular formula is C18H19ClN4O. The molecule has 3 aromatic rings. The first-order valence-electron chi connectivity index (χ1n) is 7.93. The summed E-state index contributed by atoms with van der Waals surface area (Å²) in [7, 11) is 0. The minimum atomic E-state index is 0.510. The van der Waals surface area contributed by atoms with Crippen molar-refractivity contribution >= 4 is 23.2 Å². The van der Waals surface area contributed by atoms with Gasteiger partial charge in [-0.15, -0.1) is 5.10 Å². The number of hydrogen-bond donors (Lipinski definition) is 2. The fourth-order valence-corrected chi connectivity index (χ4v) is 2.28. The topological polar surface area (TPSA) is 62.8 Å². The van der Waals surface area contributed by atoms with E-state index in [1.165, 1.54) is 0 Å². The molecule has 1 heterocycles. The van der Waals surface area contributed by atoms with Crippen LogP contribution in [0.5, 0.6) is 5.75 Å². The van der Waals surface area contributed by atoms with Gasteiger partial charge in [-0.05, 0) is 55.0 Å².